The topological polar surface area (TPSA) is 99.3 Å². The quantitative estimate of drug-likeness (QED) is 0.587. The average molecular weight is 403 g/mol. The number of hydrogen-bond donors (Lipinski definition) is 3. The van der Waals surface area contributed by atoms with E-state index in [1.54, 1.807) is 12.0 Å². The maximum absolute atomic E-state index is 13.0. The smallest absolute Gasteiger partial charge is 0.379 e. The highest BCUT2D eigenvalue weighted by molar-refractivity contribution is 5.77. The van der Waals surface area contributed by atoms with Crippen LogP contribution < -0.4 is 16.2 Å². The van der Waals surface area contributed by atoms with Gasteiger partial charge < -0.3 is 20.3 Å². The highest BCUT2D eigenvalue weighted by atomic mass is 19.4. The lowest BCUT2D eigenvalue weighted by atomic mass is 10.2. The molecule has 8 nitrogen and oxygen atoms in total. The van der Waals surface area contributed by atoms with Crippen LogP contribution >= 0.6 is 0 Å². The number of nitrogens with zero attached hydrogens (tertiary/aromatic N) is 2. The molecular formula is C17H24F3N5O3. The van der Waals surface area contributed by atoms with Gasteiger partial charge in [-0.15, -0.1) is 0 Å². The zero-order chi connectivity index (χ0) is 20.3. The molecular weight excluding hydrogens is 379 g/mol. The molecule has 0 saturated carbocycles. The molecule has 2 bridgehead atoms. The zero-order valence-corrected chi connectivity index (χ0v) is 15.5. The molecule has 28 heavy (non-hydrogen) atoms. The first-order valence-electron chi connectivity index (χ1n) is 9.28. The van der Waals surface area contributed by atoms with Gasteiger partial charge in [-0.3, -0.25) is 9.59 Å². The molecule has 2 fully saturated rings. The fourth-order valence-corrected chi connectivity index (χ4v) is 3.83. The number of amides is 1. The predicted molar refractivity (Wildman–Crippen MR) is 94.9 cm³/mol. The standard InChI is InChI=1S/C17H24F3N5O3/c1-10(23-13-8-22-24-16(27)15(13)17(18,19)20)9-28-5-4-14(26)25-11-2-3-12(25)7-21-6-11/h8,10-12,21H,2-7,9H2,1H3,(H2,23,24,27)/t10-,11?,12?/m0/s1. The number of carbonyl (C=O) groups excluding carboxylic acids is 1. The Bertz CT molecular complexity index is 738. The third kappa shape index (κ3) is 4.64. The van der Waals surface area contributed by atoms with Crippen LogP contribution in [0.5, 0.6) is 0 Å². The van der Waals surface area contributed by atoms with Gasteiger partial charge in [0.05, 0.1) is 31.5 Å². The minimum absolute atomic E-state index is 0.0489. The number of carbonyl (C=O) groups is 1. The normalized spacial score (nSPS) is 22.9. The number of nitrogens with one attached hydrogen (secondary N) is 3. The molecule has 0 aromatic carbocycles. The second kappa shape index (κ2) is 8.48. The van der Waals surface area contributed by atoms with E-state index in [0.717, 1.165) is 32.1 Å². The zero-order valence-electron chi connectivity index (χ0n) is 15.5. The van der Waals surface area contributed by atoms with Crippen molar-refractivity contribution in [2.45, 2.75) is 50.5 Å². The van der Waals surface area contributed by atoms with E-state index in [-0.39, 0.29) is 37.6 Å². The van der Waals surface area contributed by atoms with E-state index in [4.69, 9.17) is 4.74 Å². The fourth-order valence-electron chi connectivity index (χ4n) is 3.83. The number of aromatic nitrogens is 2. The van der Waals surface area contributed by atoms with Crippen molar-refractivity contribution >= 4 is 11.6 Å². The number of alkyl halides is 3. The first-order valence-corrected chi connectivity index (χ1v) is 9.28. The number of fused-ring (bicyclic) bond motifs is 2. The summed E-state index contributed by atoms with van der Waals surface area (Å²) in [6.07, 6.45) is -1.62. The summed E-state index contributed by atoms with van der Waals surface area (Å²) in [5.41, 5.74) is -3.03. The molecule has 3 N–H and O–H groups in total. The molecule has 2 aliphatic rings. The SMILES string of the molecule is C[C@@H](COCCC(=O)N1C2CCC1CNC2)Nc1cn[nH]c(=O)c1C(F)(F)F. The summed E-state index contributed by atoms with van der Waals surface area (Å²) in [5.74, 6) is 0.0489. The Morgan fingerprint density at radius 1 is 1.39 bits per heavy atom. The summed E-state index contributed by atoms with van der Waals surface area (Å²) in [6.45, 7) is 3.53. The molecule has 1 aromatic heterocycles. The van der Waals surface area contributed by atoms with E-state index >= 15 is 0 Å². The fraction of sp³-hybridized carbons (Fsp3) is 0.706. The molecule has 0 spiro atoms. The number of H-pyrrole nitrogens is 1. The van der Waals surface area contributed by atoms with Crippen molar-refractivity contribution in [3.63, 3.8) is 0 Å². The monoisotopic (exact) mass is 403 g/mol. The van der Waals surface area contributed by atoms with Crippen LogP contribution in [0.2, 0.25) is 0 Å². The Morgan fingerprint density at radius 2 is 2.07 bits per heavy atom. The maximum Gasteiger partial charge on any atom is 0.423 e. The molecule has 3 rings (SSSR count). The largest absolute Gasteiger partial charge is 0.423 e. The second-order valence-corrected chi connectivity index (χ2v) is 7.20. The molecule has 2 unspecified atom stereocenters. The van der Waals surface area contributed by atoms with Crippen LogP contribution in [-0.4, -0.2) is 65.4 Å². The van der Waals surface area contributed by atoms with Crippen LogP contribution in [0.4, 0.5) is 18.9 Å². The Balaban J connectivity index is 1.46. The molecule has 11 heteroatoms. The Labute approximate surface area is 159 Å². The van der Waals surface area contributed by atoms with Gasteiger partial charge in [-0.2, -0.15) is 18.3 Å². The van der Waals surface area contributed by atoms with Gasteiger partial charge in [0, 0.05) is 31.2 Å². The van der Waals surface area contributed by atoms with Crippen molar-refractivity contribution in [3.05, 3.63) is 22.1 Å². The minimum Gasteiger partial charge on any atom is -0.379 e. The molecule has 1 aromatic rings. The molecule has 2 aliphatic heterocycles. The number of halogens is 3. The molecule has 3 heterocycles. The van der Waals surface area contributed by atoms with Crippen LogP contribution in [0.15, 0.2) is 11.0 Å². The number of anilines is 1. The van der Waals surface area contributed by atoms with Crippen molar-refractivity contribution in [3.8, 4) is 0 Å². The van der Waals surface area contributed by atoms with E-state index in [2.05, 4.69) is 15.7 Å². The highest BCUT2D eigenvalue weighted by Crippen LogP contribution is 2.31. The summed E-state index contributed by atoms with van der Waals surface area (Å²) in [7, 11) is 0. The van der Waals surface area contributed by atoms with Crippen molar-refractivity contribution < 1.29 is 22.7 Å². The third-order valence-corrected chi connectivity index (χ3v) is 5.04. The van der Waals surface area contributed by atoms with Crippen molar-refractivity contribution in [1.29, 1.82) is 0 Å². The summed E-state index contributed by atoms with van der Waals surface area (Å²) in [4.78, 5) is 25.8. The van der Waals surface area contributed by atoms with Gasteiger partial charge in [0.1, 0.15) is 5.56 Å². The number of hydrogen-bond acceptors (Lipinski definition) is 6. The molecule has 0 aliphatic carbocycles. The van der Waals surface area contributed by atoms with Gasteiger partial charge >= 0.3 is 6.18 Å². The van der Waals surface area contributed by atoms with Gasteiger partial charge in [-0.05, 0) is 19.8 Å². The van der Waals surface area contributed by atoms with Gasteiger partial charge in [-0.1, -0.05) is 0 Å². The van der Waals surface area contributed by atoms with Gasteiger partial charge in [-0.25, -0.2) is 5.10 Å². The van der Waals surface area contributed by atoms with Crippen LogP contribution in [0, 0.1) is 0 Å². The van der Waals surface area contributed by atoms with Crippen molar-refractivity contribution in [2.75, 3.05) is 31.6 Å². The second-order valence-electron chi connectivity index (χ2n) is 7.20. The minimum atomic E-state index is -4.80. The van der Waals surface area contributed by atoms with Crippen LogP contribution in [0.3, 0.4) is 0 Å². The van der Waals surface area contributed by atoms with Gasteiger partial charge in [0.25, 0.3) is 5.56 Å². The summed E-state index contributed by atoms with van der Waals surface area (Å²) < 4.78 is 44.6. The van der Waals surface area contributed by atoms with Crippen molar-refractivity contribution in [1.82, 2.24) is 20.4 Å². The lowest BCUT2D eigenvalue weighted by Gasteiger charge is -2.35. The third-order valence-electron chi connectivity index (χ3n) is 5.04. The Hall–Kier alpha value is -2.14. The Morgan fingerprint density at radius 3 is 2.71 bits per heavy atom. The van der Waals surface area contributed by atoms with Crippen molar-refractivity contribution in [2.24, 2.45) is 0 Å². The van der Waals surface area contributed by atoms with E-state index in [1.165, 1.54) is 0 Å². The summed E-state index contributed by atoms with van der Waals surface area (Å²) in [5, 5.41) is 11.1. The van der Waals surface area contributed by atoms with Crippen LogP contribution in [0.25, 0.3) is 0 Å². The Kier molecular flexibility index (Phi) is 6.23. The number of ether oxygens (including phenoxy) is 1. The summed E-state index contributed by atoms with van der Waals surface area (Å²) >= 11 is 0. The van der Waals surface area contributed by atoms with E-state index in [9.17, 15) is 22.8 Å². The van der Waals surface area contributed by atoms with Crippen LogP contribution in [-0.2, 0) is 15.7 Å². The number of piperazine rings is 1. The number of rotatable bonds is 7. The van der Waals surface area contributed by atoms with E-state index in [0.29, 0.717) is 0 Å². The maximum atomic E-state index is 13.0. The highest BCUT2D eigenvalue weighted by Gasteiger charge is 2.39. The molecule has 1 amide bonds. The van der Waals surface area contributed by atoms with E-state index < -0.39 is 29.0 Å². The molecule has 0 radical (unpaired) electrons. The van der Waals surface area contributed by atoms with Crippen LogP contribution in [0.1, 0.15) is 31.7 Å². The molecule has 156 valence electrons. The average Bonchev–Trinajstić information content (AvgIpc) is 2.86. The first kappa shape index (κ1) is 20.6. The van der Waals surface area contributed by atoms with Gasteiger partial charge in [0.2, 0.25) is 5.91 Å². The lowest BCUT2D eigenvalue weighted by Crippen LogP contribution is -2.54. The molecule has 2 saturated heterocycles. The lowest BCUT2D eigenvalue weighted by molar-refractivity contribution is -0.138. The summed E-state index contributed by atoms with van der Waals surface area (Å²) in [6, 6.07) is -0.0113. The number of aromatic amines is 1. The predicted octanol–water partition coefficient (Wildman–Crippen LogP) is 0.959. The van der Waals surface area contributed by atoms with E-state index in [1.807, 2.05) is 4.90 Å². The molecule has 3 atom stereocenters. The van der Waals surface area contributed by atoms with Gasteiger partial charge in [0.15, 0.2) is 0 Å². The first-order chi connectivity index (χ1) is 13.3.